The van der Waals surface area contributed by atoms with Gasteiger partial charge >= 0.3 is 0 Å². The molecule has 1 atom stereocenters. The largest absolute Gasteiger partial charge is 0.470 e. The molecule has 1 saturated heterocycles. The first-order valence-electron chi connectivity index (χ1n) is 7.14. The first-order chi connectivity index (χ1) is 10.8. The quantitative estimate of drug-likeness (QED) is 0.871. The zero-order valence-electron chi connectivity index (χ0n) is 11.9. The number of rotatable bonds is 3. The van der Waals surface area contributed by atoms with E-state index in [9.17, 15) is 4.39 Å². The molecular formula is C16H15FN4O. The molecule has 0 N–H and O–H groups in total. The molecule has 0 aliphatic carbocycles. The van der Waals surface area contributed by atoms with Gasteiger partial charge < -0.3 is 9.64 Å². The molecule has 2 aromatic heterocycles. The van der Waals surface area contributed by atoms with Crippen LogP contribution in [0.3, 0.4) is 0 Å². The van der Waals surface area contributed by atoms with Gasteiger partial charge in [0.1, 0.15) is 17.9 Å². The summed E-state index contributed by atoms with van der Waals surface area (Å²) in [6.45, 7) is 1.53. The van der Waals surface area contributed by atoms with Crippen molar-refractivity contribution in [1.29, 1.82) is 5.26 Å². The third kappa shape index (κ3) is 3.14. The lowest BCUT2D eigenvalue weighted by Gasteiger charge is -2.34. The fourth-order valence-electron chi connectivity index (χ4n) is 2.52. The summed E-state index contributed by atoms with van der Waals surface area (Å²) in [5, 5.41) is 8.78. The second-order valence-electron chi connectivity index (χ2n) is 5.13. The van der Waals surface area contributed by atoms with E-state index in [0.29, 0.717) is 12.2 Å². The number of nitriles is 1. The molecule has 3 heterocycles. The number of hydrogen-bond donors (Lipinski definition) is 0. The van der Waals surface area contributed by atoms with Gasteiger partial charge in [-0.3, -0.25) is 0 Å². The molecule has 3 rings (SSSR count). The van der Waals surface area contributed by atoms with Crippen molar-refractivity contribution < 1.29 is 9.13 Å². The Hall–Kier alpha value is -2.68. The van der Waals surface area contributed by atoms with Crippen molar-refractivity contribution in [2.45, 2.75) is 18.9 Å². The molecule has 0 saturated carbocycles. The van der Waals surface area contributed by atoms with E-state index >= 15 is 0 Å². The smallest absolute Gasteiger partial charge is 0.250 e. The maximum absolute atomic E-state index is 13.6. The van der Waals surface area contributed by atoms with Gasteiger partial charge in [0.15, 0.2) is 5.82 Å². The number of halogens is 1. The zero-order chi connectivity index (χ0) is 15.4. The number of anilines is 1. The average Bonchev–Trinajstić information content (AvgIpc) is 2.57. The summed E-state index contributed by atoms with van der Waals surface area (Å²) in [6.07, 6.45) is 4.88. The third-order valence-electron chi connectivity index (χ3n) is 3.61. The molecule has 112 valence electrons. The number of pyridine rings is 2. The molecule has 1 aliphatic rings. The summed E-state index contributed by atoms with van der Waals surface area (Å²) < 4.78 is 19.3. The van der Waals surface area contributed by atoms with E-state index in [2.05, 4.69) is 14.9 Å². The second kappa shape index (κ2) is 6.39. The Balaban J connectivity index is 1.69. The predicted octanol–water partition coefficient (Wildman–Crippen LogP) is 2.54. The van der Waals surface area contributed by atoms with Crippen LogP contribution in [-0.2, 0) is 0 Å². The SMILES string of the molecule is N#Cc1ccc(N2CCC[C@@H](Oc3ncccc3F)C2)cn1. The topological polar surface area (TPSA) is 62.0 Å². The van der Waals surface area contributed by atoms with Crippen molar-refractivity contribution in [2.75, 3.05) is 18.0 Å². The van der Waals surface area contributed by atoms with Crippen LogP contribution in [0.15, 0.2) is 36.7 Å². The van der Waals surface area contributed by atoms with Crippen molar-refractivity contribution >= 4 is 5.69 Å². The van der Waals surface area contributed by atoms with Gasteiger partial charge in [-0.2, -0.15) is 5.26 Å². The molecule has 0 unspecified atom stereocenters. The average molecular weight is 298 g/mol. The van der Waals surface area contributed by atoms with E-state index < -0.39 is 5.82 Å². The van der Waals surface area contributed by atoms with E-state index in [0.717, 1.165) is 25.1 Å². The summed E-state index contributed by atoms with van der Waals surface area (Å²) in [4.78, 5) is 10.1. The highest BCUT2D eigenvalue weighted by Gasteiger charge is 2.23. The lowest BCUT2D eigenvalue weighted by molar-refractivity contribution is 0.164. The highest BCUT2D eigenvalue weighted by atomic mass is 19.1. The third-order valence-corrected chi connectivity index (χ3v) is 3.61. The van der Waals surface area contributed by atoms with Crippen molar-refractivity contribution in [3.05, 3.63) is 48.2 Å². The van der Waals surface area contributed by atoms with E-state index in [1.807, 2.05) is 12.1 Å². The molecule has 0 aromatic carbocycles. The summed E-state index contributed by atoms with van der Waals surface area (Å²) in [5.41, 5.74) is 1.33. The van der Waals surface area contributed by atoms with Gasteiger partial charge in [-0.25, -0.2) is 14.4 Å². The highest BCUT2D eigenvalue weighted by Crippen LogP contribution is 2.23. The molecule has 1 aliphatic heterocycles. The van der Waals surface area contributed by atoms with E-state index in [-0.39, 0.29) is 12.0 Å². The molecule has 22 heavy (non-hydrogen) atoms. The fraction of sp³-hybridized carbons (Fsp3) is 0.312. The molecule has 6 heteroatoms. The van der Waals surface area contributed by atoms with Gasteiger partial charge in [-0.05, 0) is 37.1 Å². The first kappa shape index (κ1) is 14.3. The Labute approximate surface area is 128 Å². The van der Waals surface area contributed by atoms with Crippen molar-refractivity contribution in [3.8, 4) is 11.9 Å². The minimum absolute atomic E-state index is 0.0484. The molecular weight excluding hydrogens is 283 g/mol. The monoisotopic (exact) mass is 298 g/mol. The molecule has 1 fully saturated rings. The summed E-state index contributed by atoms with van der Waals surface area (Å²) >= 11 is 0. The molecule has 0 radical (unpaired) electrons. The molecule has 0 spiro atoms. The minimum Gasteiger partial charge on any atom is -0.470 e. The highest BCUT2D eigenvalue weighted by molar-refractivity contribution is 5.46. The Morgan fingerprint density at radius 2 is 2.23 bits per heavy atom. The van der Waals surface area contributed by atoms with Crippen LogP contribution in [0.1, 0.15) is 18.5 Å². The molecule has 5 nitrogen and oxygen atoms in total. The van der Waals surface area contributed by atoms with Crippen molar-refractivity contribution in [2.24, 2.45) is 0 Å². The summed E-state index contributed by atoms with van der Waals surface area (Å²) in [5.74, 6) is -0.396. The number of ether oxygens (including phenoxy) is 1. The zero-order valence-corrected chi connectivity index (χ0v) is 11.9. The van der Waals surface area contributed by atoms with Crippen LogP contribution in [0.5, 0.6) is 5.88 Å². The van der Waals surface area contributed by atoms with Gasteiger partial charge in [0.2, 0.25) is 0 Å². The van der Waals surface area contributed by atoms with E-state index in [1.54, 1.807) is 12.3 Å². The van der Waals surface area contributed by atoms with E-state index in [1.165, 1.54) is 18.3 Å². The van der Waals surface area contributed by atoms with Gasteiger partial charge in [0.05, 0.1) is 18.4 Å². The second-order valence-corrected chi connectivity index (χ2v) is 5.13. The Morgan fingerprint density at radius 3 is 2.95 bits per heavy atom. The standard InChI is InChI=1S/C16H15FN4O/c17-15-4-1-7-19-16(15)22-14-3-2-8-21(11-14)13-6-5-12(9-18)20-10-13/h1,4-7,10,14H,2-3,8,11H2/t14-/m1/s1. The maximum atomic E-state index is 13.6. The lowest BCUT2D eigenvalue weighted by atomic mass is 10.1. The molecule has 0 bridgehead atoms. The van der Waals surface area contributed by atoms with E-state index in [4.69, 9.17) is 10.00 Å². The number of nitrogens with zero attached hydrogens (tertiary/aromatic N) is 4. The van der Waals surface area contributed by atoms with Gasteiger partial charge in [0, 0.05) is 12.7 Å². The minimum atomic E-state index is -0.445. The van der Waals surface area contributed by atoms with Gasteiger partial charge in [-0.15, -0.1) is 0 Å². The fourth-order valence-corrected chi connectivity index (χ4v) is 2.52. The van der Waals surface area contributed by atoms with Crippen molar-refractivity contribution in [3.63, 3.8) is 0 Å². The van der Waals surface area contributed by atoms with Gasteiger partial charge in [0.25, 0.3) is 5.88 Å². The Morgan fingerprint density at radius 1 is 1.32 bits per heavy atom. The van der Waals surface area contributed by atoms with Crippen LogP contribution >= 0.6 is 0 Å². The van der Waals surface area contributed by atoms with Crippen LogP contribution in [0.2, 0.25) is 0 Å². The Kier molecular flexibility index (Phi) is 4.15. The number of hydrogen-bond acceptors (Lipinski definition) is 5. The van der Waals surface area contributed by atoms with Gasteiger partial charge in [-0.1, -0.05) is 0 Å². The van der Waals surface area contributed by atoms with Crippen LogP contribution in [0.4, 0.5) is 10.1 Å². The first-order valence-corrected chi connectivity index (χ1v) is 7.14. The lowest BCUT2D eigenvalue weighted by Crippen LogP contribution is -2.41. The number of aromatic nitrogens is 2. The van der Waals surface area contributed by atoms with Crippen molar-refractivity contribution in [1.82, 2.24) is 9.97 Å². The maximum Gasteiger partial charge on any atom is 0.250 e. The molecule has 2 aromatic rings. The summed E-state index contributed by atoms with van der Waals surface area (Å²) in [7, 11) is 0. The van der Waals surface area contributed by atoms with Crippen LogP contribution in [0, 0.1) is 17.1 Å². The number of piperidine rings is 1. The summed E-state index contributed by atoms with van der Waals surface area (Å²) in [6, 6.07) is 8.44. The van der Waals surface area contributed by atoms with Crippen LogP contribution in [0.25, 0.3) is 0 Å². The normalized spacial score (nSPS) is 17.8. The van der Waals surface area contributed by atoms with Crippen LogP contribution < -0.4 is 9.64 Å². The van der Waals surface area contributed by atoms with Crippen LogP contribution in [-0.4, -0.2) is 29.2 Å². The Bertz CT molecular complexity index is 683. The predicted molar refractivity (Wildman–Crippen MR) is 79.0 cm³/mol. The molecule has 0 amide bonds.